The smallest absolute Gasteiger partial charge is 0.264 e. The Labute approximate surface area is 136 Å². The summed E-state index contributed by atoms with van der Waals surface area (Å²) in [6.45, 7) is 0.599. The number of nitrogens with two attached hydrogens (primary N) is 1. The molecule has 1 spiro atoms. The topological polar surface area (TPSA) is 77.2 Å². The number of carbonyl (C=O) groups excluding carboxylic acids is 1. The maximum atomic E-state index is 13.0. The molecule has 3 aliphatic heterocycles. The van der Waals surface area contributed by atoms with E-state index in [-0.39, 0.29) is 18.0 Å². The molecule has 1 saturated heterocycles. The van der Waals surface area contributed by atoms with Crippen LogP contribution in [0.5, 0.6) is 5.75 Å². The minimum absolute atomic E-state index is 0.162. The van der Waals surface area contributed by atoms with Gasteiger partial charge in [-0.2, -0.15) is 0 Å². The van der Waals surface area contributed by atoms with Crippen molar-refractivity contribution in [1.82, 2.24) is 4.90 Å². The molecule has 0 aliphatic carbocycles. The van der Waals surface area contributed by atoms with Crippen LogP contribution in [0.15, 0.2) is 27.7 Å². The highest BCUT2D eigenvalue weighted by molar-refractivity contribution is 9.10. The van der Waals surface area contributed by atoms with E-state index >= 15 is 0 Å². The lowest BCUT2D eigenvalue weighted by Gasteiger charge is -2.45. The average Bonchev–Trinajstić information content (AvgIpc) is 2.74. The van der Waals surface area contributed by atoms with E-state index < -0.39 is 11.6 Å². The summed E-state index contributed by atoms with van der Waals surface area (Å²) in [6, 6.07) is 5.63. The van der Waals surface area contributed by atoms with E-state index in [4.69, 9.17) is 15.2 Å². The fraction of sp³-hybridized carbons (Fsp3) is 0.467. The monoisotopic (exact) mass is 365 g/mol. The number of halogens is 1. The molecule has 1 amide bonds. The zero-order valence-electron chi connectivity index (χ0n) is 12.1. The fourth-order valence-corrected chi connectivity index (χ4v) is 3.87. The maximum absolute atomic E-state index is 13.0. The van der Waals surface area contributed by atoms with Crippen LogP contribution >= 0.6 is 15.9 Å². The molecule has 3 heterocycles. The summed E-state index contributed by atoms with van der Waals surface area (Å²) in [6.07, 6.45) is 1.12. The lowest BCUT2D eigenvalue weighted by Crippen LogP contribution is -2.58. The second-order valence-electron chi connectivity index (χ2n) is 5.83. The van der Waals surface area contributed by atoms with Gasteiger partial charge >= 0.3 is 0 Å². The van der Waals surface area contributed by atoms with Gasteiger partial charge in [-0.1, -0.05) is 15.9 Å². The summed E-state index contributed by atoms with van der Waals surface area (Å²) >= 11 is 3.46. The van der Waals surface area contributed by atoms with Crippen LogP contribution < -0.4 is 10.5 Å². The molecule has 1 unspecified atom stereocenters. The molecule has 116 valence electrons. The molecule has 1 aromatic carbocycles. The van der Waals surface area contributed by atoms with Gasteiger partial charge in [-0.15, -0.1) is 0 Å². The van der Waals surface area contributed by atoms with Crippen molar-refractivity contribution in [3.05, 3.63) is 28.2 Å². The molecule has 4 rings (SSSR count). The van der Waals surface area contributed by atoms with Crippen LogP contribution in [0.25, 0.3) is 0 Å². The normalized spacial score (nSPS) is 33.3. The zero-order valence-corrected chi connectivity index (χ0v) is 13.7. The Morgan fingerprint density at radius 2 is 2.32 bits per heavy atom. The van der Waals surface area contributed by atoms with Crippen LogP contribution in [0.3, 0.4) is 0 Å². The van der Waals surface area contributed by atoms with Crippen molar-refractivity contribution >= 4 is 27.8 Å². The third-order valence-electron chi connectivity index (χ3n) is 4.58. The summed E-state index contributed by atoms with van der Waals surface area (Å²) < 4.78 is 12.9. The SMILES string of the molecule is CN1C(=O)[C@]2(N=C1N)c1cc(Br)ccc1OC1CCCO[C@@H]12. The Bertz CT molecular complexity index is 693. The van der Waals surface area contributed by atoms with E-state index in [1.165, 1.54) is 4.90 Å². The molecule has 0 bridgehead atoms. The van der Waals surface area contributed by atoms with Crippen LogP contribution in [-0.2, 0) is 15.1 Å². The van der Waals surface area contributed by atoms with Crippen LogP contribution in [0.1, 0.15) is 18.4 Å². The summed E-state index contributed by atoms with van der Waals surface area (Å²) in [5, 5.41) is 0. The van der Waals surface area contributed by atoms with Gasteiger partial charge in [0.1, 0.15) is 18.0 Å². The number of guanidine groups is 1. The number of benzene rings is 1. The van der Waals surface area contributed by atoms with Crippen molar-refractivity contribution < 1.29 is 14.3 Å². The van der Waals surface area contributed by atoms with Gasteiger partial charge in [-0.25, -0.2) is 4.99 Å². The molecule has 1 fully saturated rings. The third kappa shape index (κ3) is 1.69. The standard InChI is InChI=1S/C15H16BrN3O3/c1-19-13(20)15(18-14(19)17)9-7-8(16)4-5-10(9)22-11-3-2-6-21-12(11)15/h4-5,7,11-12H,2-3,6H2,1H3,(H2,17,18)/t11?,12-,15-/m0/s1. The highest BCUT2D eigenvalue weighted by Crippen LogP contribution is 2.49. The van der Waals surface area contributed by atoms with E-state index in [1.54, 1.807) is 7.05 Å². The van der Waals surface area contributed by atoms with Gasteiger partial charge < -0.3 is 15.2 Å². The van der Waals surface area contributed by atoms with Crippen molar-refractivity contribution in [1.29, 1.82) is 0 Å². The summed E-state index contributed by atoms with van der Waals surface area (Å²) in [5.74, 6) is 0.727. The number of rotatable bonds is 0. The molecule has 22 heavy (non-hydrogen) atoms. The van der Waals surface area contributed by atoms with Crippen LogP contribution in [-0.4, -0.2) is 42.6 Å². The molecular formula is C15H16BrN3O3. The molecule has 3 aliphatic rings. The number of ether oxygens (including phenoxy) is 2. The summed E-state index contributed by atoms with van der Waals surface area (Å²) in [5.41, 5.74) is 5.51. The van der Waals surface area contributed by atoms with Gasteiger partial charge in [0.25, 0.3) is 5.91 Å². The number of likely N-dealkylation sites (N-methyl/N-ethyl adjacent to an activating group) is 1. The van der Waals surface area contributed by atoms with Crippen molar-refractivity contribution in [2.24, 2.45) is 10.7 Å². The highest BCUT2D eigenvalue weighted by atomic mass is 79.9. The van der Waals surface area contributed by atoms with Crippen molar-refractivity contribution in [3.8, 4) is 5.75 Å². The maximum Gasteiger partial charge on any atom is 0.264 e. The highest BCUT2D eigenvalue weighted by Gasteiger charge is 2.61. The number of carbonyl (C=O) groups is 1. The molecule has 2 N–H and O–H groups in total. The van der Waals surface area contributed by atoms with Gasteiger partial charge in [0.05, 0.1) is 0 Å². The number of hydrogen-bond donors (Lipinski definition) is 1. The van der Waals surface area contributed by atoms with Crippen molar-refractivity contribution in [2.45, 2.75) is 30.6 Å². The lowest BCUT2D eigenvalue weighted by atomic mass is 9.77. The van der Waals surface area contributed by atoms with E-state index in [9.17, 15) is 4.79 Å². The predicted molar refractivity (Wildman–Crippen MR) is 83.6 cm³/mol. The van der Waals surface area contributed by atoms with Gasteiger partial charge in [-0.05, 0) is 31.0 Å². The lowest BCUT2D eigenvalue weighted by molar-refractivity contribution is -0.151. The van der Waals surface area contributed by atoms with Gasteiger partial charge in [-0.3, -0.25) is 9.69 Å². The Morgan fingerprint density at radius 1 is 1.50 bits per heavy atom. The summed E-state index contributed by atoms with van der Waals surface area (Å²) in [7, 11) is 1.64. The quantitative estimate of drug-likeness (QED) is 0.753. The molecule has 6 nitrogen and oxygen atoms in total. The number of fused-ring (bicyclic) bond motifs is 4. The average molecular weight is 366 g/mol. The molecule has 7 heteroatoms. The first-order valence-corrected chi connectivity index (χ1v) is 8.05. The van der Waals surface area contributed by atoms with E-state index in [2.05, 4.69) is 20.9 Å². The first kappa shape index (κ1) is 14.0. The third-order valence-corrected chi connectivity index (χ3v) is 5.07. The first-order chi connectivity index (χ1) is 10.5. The second-order valence-corrected chi connectivity index (χ2v) is 6.75. The molecular weight excluding hydrogens is 350 g/mol. The number of aliphatic imine (C=N–C) groups is 1. The number of amides is 1. The first-order valence-electron chi connectivity index (χ1n) is 7.26. The van der Waals surface area contributed by atoms with E-state index in [0.29, 0.717) is 17.9 Å². The van der Waals surface area contributed by atoms with E-state index in [0.717, 1.165) is 17.3 Å². The van der Waals surface area contributed by atoms with Crippen LogP contribution in [0.2, 0.25) is 0 Å². The number of nitrogens with zero attached hydrogens (tertiary/aromatic N) is 2. The van der Waals surface area contributed by atoms with Gasteiger partial charge in [0.2, 0.25) is 5.54 Å². The minimum Gasteiger partial charge on any atom is -0.487 e. The molecule has 0 radical (unpaired) electrons. The molecule has 0 saturated carbocycles. The predicted octanol–water partition coefficient (Wildman–Crippen LogP) is 1.37. The van der Waals surface area contributed by atoms with Gasteiger partial charge in [0, 0.05) is 23.7 Å². The Hall–Kier alpha value is -1.60. The Morgan fingerprint density at radius 3 is 3.05 bits per heavy atom. The molecule has 3 atom stereocenters. The number of hydrogen-bond acceptors (Lipinski definition) is 5. The zero-order chi connectivity index (χ0) is 15.5. The second kappa shape index (κ2) is 4.70. The van der Waals surface area contributed by atoms with Crippen molar-refractivity contribution in [3.63, 3.8) is 0 Å². The van der Waals surface area contributed by atoms with E-state index in [1.807, 2.05) is 18.2 Å². The van der Waals surface area contributed by atoms with Crippen molar-refractivity contribution in [2.75, 3.05) is 13.7 Å². The van der Waals surface area contributed by atoms with Crippen LogP contribution in [0.4, 0.5) is 0 Å². The summed E-state index contributed by atoms with van der Waals surface area (Å²) in [4.78, 5) is 18.9. The van der Waals surface area contributed by atoms with Gasteiger partial charge in [0.15, 0.2) is 5.96 Å². The fourth-order valence-electron chi connectivity index (χ4n) is 3.51. The largest absolute Gasteiger partial charge is 0.487 e. The Balaban J connectivity index is 1.97. The Kier molecular flexibility index (Phi) is 2.99. The van der Waals surface area contributed by atoms with Crippen LogP contribution in [0, 0.1) is 0 Å². The minimum atomic E-state index is -1.14. The molecule has 0 aromatic heterocycles. The molecule has 1 aromatic rings.